The maximum atomic E-state index is 11.7. The van der Waals surface area contributed by atoms with Gasteiger partial charge in [0.25, 0.3) is 0 Å². The smallest absolute Gasteiger partial charge is 0.159 e. The summed E-state index contributed by atoms with van der Waals surface area (Å²) >= 11 is 3.58. The number of Topliss-reactive ketones (excluding diaryl/α,β-unsaturated/α-hetero) is 1. The third-order valence-electron chi connectivity index (χ3n) is 4.98. The highest BCUT2D eigenvalue weighted by molar-refractivity contribution is 9.10. The molecule has 0 unspecified atom stereocenters. The predicted octanol–water partition coefficient (Wildman–Crippen LogP) is 5.48. The quantitative estimate of drug-likeness (QED) is 0.562. The molecule has 0 radical (unpaired) electrons. The molecule has 23 heavy (non-hydrogen) atoms. The molecule has 0 amide bonds. The molecule has 3 heteroatoms. The molecule has 1 aliphatic carbocycles. The van der Waals surface area contributed by atoms with E-state index in [0.717, 1.165) is 22.1 Å². The van der Waals surface area contributed by atoms with Gasteiger partial charge < -0.3 is 5.32 Å². The van der Waals surface area contributed by atoms with Gasteiger partial charge in [-0.2, -0.15) is 0 Å². The van der Waals surface area contributed by atoms with Gasteiger partial charge in [0.2, 0.25) is 0 Å². The molecule has 4 rings (SSSR count). The van der Waals surface area contributed by atoms with Crippen LogP contribution in [0.3, 0.4) is 0 Å². The van der Waals surface area contributed by atoms with Crippen LogP contribution in [0, 0.1) is 5.92 Å². The molecule has 2 aromatic rings. The van der Waals surface area contributed by atoms with E-state index >= 15 is 0 Å². The molecule has 0 saturated heterocycles. The van der Waals surface area contributed by atoms with Crippen LogP contribution in [0.1, 0.15) is 46.8 Å². The minimum Gasteiger partial charge on any atom is -0.378 e. The van der Waals surface area contributed by atoms with Crippen molar-refractivity contribution in [1.29, 1.82) is 0 Å². The summed E-state index contributed by atoms with van der Waals surface area (Å²) in [6.07, 6.45) is 5.65. The highest BCUT2D eigenvalue weighted by Gasteiger charge is 2.38. The largest absolute Gasteiger partial charge is 0.378 e. The van der Waals surface area contributed by atoms with Gasteiger partial charge in [0.1, 0.15) is 0 Å². The van der Waals surface area contributed by atoms with Crippen molar-refractivity contribution in [2.45, 2.75) is 25.3 Å². The van der Waals surface area contributed by atoms with Crippen LogP contribution in [-0.2, 0) is 0 Å². The van der Waals surface area contributed by atoms with Crippen molar-refractivity contribution in [2.75, 3.05) is 5.32 Å². The van der Waals surface area contributed by atoms with Crippen LogP contribution in [0.4, 0.5) is 5.69 Å². The maximum Gasteiger partial charge on any atom is 0.159 e. The summed E-state index contributed by atoms with van der Waals surface area (Å²) in [4.78, 5) is 11.7. The minimum atomic E-state index is 0.125. The third kappa shape index (κ3) is 2.53. The van der Waals surface area contributed by atoms with E-state index in [0.29, 0.717) is 17.9 Å². The first-order valence-electron chi connectivity index (χ1n) is 7.97. The van der Waals surface area contributed by atoms with Crippen molar-refractivity contribution in [3.8, 4) is 0 Å². The summed E-state index contributed by atoms with van der Waals surface area (Å²) < 4.78 is 1.11. The zero-order chi connectivity index (χ0) is 16.0. The van der Waals surface area contributed by atoms with Crippen LogP contribution in [0.25, 0.3) is 0 Å². The number of carbonyl (C=O) groups excluding carboxylic acids is 1. The SMILES string of the molecule is CC(=O)c1ccc2c(c1)[C@@H]1C=CC[C@H]1[C@@H](c1cccc(Br)c1)N2. The van der Waals surface area contributed by atoms with Gasteiger partial charge in [0.05, 0.1) is 6.04 Å². The predicted molar refractivity (Wildman–Crippen MR) is 96.9 cm³/mol. The Balaban J connectivity index is 1.79. The lowest BCUT2D eigenvalue weighted by atomic mass is 9.76. The Bertz CT molecular complexity index is 811. The lowest BCUT2D eigenvalue weighted by molar-refractivity contribution is 0.101. The van der Waals surface area contributed by atoms with Crippen molar-refractivity contribution in [2.24, 2.45) is 5.92 Å². The van der Waals surface area contributed by atoms with Crippen molar-refractivity contribution < 1.29 is 4.79 Å². The number of ketones is 1. The van der Waals surface area contributed by atoms with Gasteiger partial charge >= 0.3 is 0 Å². The monoisotopic (exact) mass is 367 g/mol. The van der Waals surface area contributed by atoms with Crippen LogP contribution in [0.15, 0.2) is 59.1 Å². The van der Waals surface area contributed by atoms with E-state index < -0.39 is 0 Å². The molecule has 1 heterocycles. The van der Waals surface area contributed by atoms with E-state index in [9.17, 15) is 4.79 Å². The zero-order valence-electron chi connectivity index (χ0n) is 12.9. The first-order valence-corrected chi connectivity index (χ1v) is 8.76. The number of nitrogens with one attached hydrogen (secondary N) is 1. The Morgan fingerprint density at radius 1 is 1.22 bits per heavy atom. The molecule has 2 aliphatic rings. The molecule has 0 fully saturated rings. The summed E-state index contributed by atoms with van der Waals surface area (Å²) in [5.41, 5.74) is 4.50. The molecule has 1 aliphatic heterocycles. The maximum absolute atomic E-state index is 11.7. The molecule has 2 nitrogen and oxygen atoms in total. The van der Waals surface area contributed by atoms with Gasteiger partial charge in [-0.15, -0.1) is 0 Å². The van der Waals surface area contributed by atoms with E-state index in [1.807, 2.05) is 6.07 Å². The minimum absolute atomic E-state index is 0.125. The highest BCUT2D eigenvalue weighted by atomic mass is 79.9. The number of allylic oxidation sites excluding steroid dienone is 2. The van der Waals surface area contributed by atoms with Crippen LogP contribution in [0.5, 0.6) is 0 Å². The molecule has 116 valence electrons. The average Bonchev–Trinajstić information content (AvgIpc) is 3.03. The lowest BCUT2D eigenvalue weighted by Crippen LogP contribution is -2.29. The van der Waals surface area contributed by atoms with Gasteiger partial charge in [-0.25, -0.2) is 0 Å². The van der Waals surface area contributed by atoms with Gasteiger partial charge in [-0.1, -0.05) is 40.2 Å². The number of carbonyl (C=O) groups is 1. The van der Waals surface area contributed by atoms with E-state index in [2.05, 4.69) is 69.8 Å². The van der Waals surface area contributed by atoms with Crippen LogP contribution >= 0.6 is 15.9 Å². The number of fused-ring (bicyclic) bond motifs is 3. The first kappa shape index (κ1) is 14.7. The Hall–Kier alpha value is -1.87. The molecule has 1 N–H and O–H groups in total. The van der Waals surface area contributed by atoms with Gasteiger partial charge in [0, 0.05) is 21.6 Å². The Labute approximate surface area is 144 Å². The molecule has 2 aromatic carbocycles. The van der Waals surface area contributed by atoms with Crippen molar-refractivity contribution >= 4 is 27.4 Å². The molecule has 3 atom stereocenters. The summed E-state index contributed by atoms with van der Waals surface area (Å²) in [6.45, 7) is 1.63. The van der Waals surface area contributed by atoms with Crippen molar-refractivity contribution in [1.82, 2.24) is 0 Å². The summed E-state index contributed by atoms with van der Waals surface area (Å²) in [5, 5.41) is 3.71. The van der Waals surface area contributed by atoms with Crippen LogP contribution in [0.2, 0.25) is 0 Å². The van der Waals surface area contributed by atoms with Crippen molar-refractivity contribution in [3.63, 3.8) is 0 Å². The molecular weight excluding hydrogens is 350 g/mol. The normalized spacial score (nSPS) is 24.7. The van der Waals surface area contributed by atoms with E-state index in [4.69, 9.17) is 0 Å². The third-order valence-corrected chi connectivity index (χ3v) is 5.47. The number of rotatable bonds is 2. The highest BCUT2D eigenvalue weighted by Crippen LogP contribution is 2.50. The lowest BCUT2D eigenvalue weighted by Gasteiger charge is -2.37. The standard InChI is InChI=1S/C20H18BrNO/c1-12(23)13-8-9-19-18(11-13)16-6-3-7-17(16)20(22-19)14-4-2-5-15(21)10-14/h2-6,8-11,16-17,20,22H,7H2,1H3/t16-,17-,20-/m1/s1. The Morgan fingerprint density at radius 3 is 2.87 bits per heavy atom. The number of hydrogen-bond donors (Lipinski definition) is 1. The van der Waals surface area contributed by atoms with E-state index in [1.54, 1.807) is 6.92 Å². The Morgan fingerprint density at radius 2 is 2.09 bits per heavy atom. The average molecular weight is 368 g/mol. The van der Waals surface area contributed by atoms with Crippen LogP contribution in [-0.4, -0.2) is 5.78 Å². The van der Waals surface area contributed by atoms with Gasteiger partial charge in [0.15, 0.2) is 5.78 Å². The summed E-state index contributed by atoms with van der Waals surface area (Å²) in [7, 11) is 0. The van der Waals surface area contributed by atoms with Gasteiger partial charge in [-0.05, 0) is 60.7 Å². The molecule has 0 bridgehead atoms. The zero-order valence-corrected chi connectivity index (χ0v) is 14.5. The second-order valence-corrected chi connectivity index (χ2v) is 7.30. The Kier molecular flexibility index (Phi) is 3.61. The summed E-state index contributed by atoms with van der Waals surface area (Å²) in [5.74, 6) is 1.01. The molecule has 0 saturated carbocycles. The number of anilines is 1. The van der Waals surface area contributed by atoms with Gasteiger partial charge in [-0.3, -0.25) is 4.79 Å². The molecule has 0 aromatic heterocycles. The van der Waals surface area contributed by atoms with E-state index in [1.165, 1.54) is 11.1 Å². The first-order chi connectivity index (χ1) is 11.1. The number of benzene rings is 2. The fraction of sp³-hybridized carbons (Fsp3) is 0.250. The number of halogens is 1. The second kappa shape index (κ2) is 5.64. The number of hydrogen-bond acceptors (Lipinski definition) is 2. The fourth-order valence-corrected chi connectivity index (χ4v) is 4.26. The fourth-order valence-electron chi connectivity index (χ4n) is 3.84. The van der Waals surface area contributed by atoms with Crippen molar-refractivity contribution in [3.05, 3.63) is 75.8 Å². The molecule has 0 spiro atoms. The summed E-state index contributed by atoms with van der Waals surface area (Å²) in [6, 6.07) is 14.9. The molecular formula is C20H18BrNO. The topological polar surface area (TPSA) is 29.1 Å². The van der Waals surface area contributed by atoms with Crippen LogP contribution < -0.4 is 5.32 Å². The van der Waals surface area contributed by atoms with E-state index in [-0.39, 0.29) is 5.78 Å². The second-order valence-electron chi connectivity index (χ2n) is 6.39.